The molecule has 0 bridgehead atoms. The summed E-state index contributed by atoms with van der Waals surface area (Å²) in [4.78, 5) is 23.7. The molecule has 2 rings (SSSR count). The second-order valence-corrected chi connectivity index (χ2v) is 5.32. The highest BCUT2D eigenvalue weighted by atomic mass is 16.5. The Morgan fingerprint density at radius 2 is 1.68 bits per heavy atom. The summed E-state index contributed by atoms with van der Waals surface area (Å²) in [6.45, 7) is 2.82. The van der Waals surface area contributed by atoms with Crippen molar-refractivity contribution in [2.24, 2.45) is 0 Å². The van der Waals surface area contributed by atoms with Crippen LogP contribution in [0, 0.1) is 0 Å². The number of carbonyl (C=O) groups is 2. The molecule has 132 valence electrons. The molecule has 6 heteroatoms. The normalized spacial score (nSPS) is 9.96. The van der Waals surface area contributed by atoms with Gasteiger partial charge in [0.2, 0.25) is 5.91 Å². The zero-order chi connectivity index (χ0) is 17.9. The van der Waals surface area contributed by atoms with Gasteiger partial charge in [-0.2, -0.15) is 0 Å². The van der Waals surface area contributed by atoms with Gasteiger partial charge in [-0.25, -0.2) is 4.79 Å². The summed E-state index contributed by atoms with van der Waals surface area (Å²) < 4.78 is 5.44. The number of ether oxygens (including phenoxy) is 1. The Morgan fingerprint density at radius 1 is 0.960 bits per heavy atom. The molecule has 0 saturated heterocycles. The first-order valence-corrected chi connectivity index (χ1v) is 8.26. The average Bonchev–Trinajstić information content (AvgIpc) is 2.63. The lowest BCUT2D eigenvalue weighted by atomic mass is 10.1. The van der Waals surface area contributed by atoms with Crippen LogP contribution in [0.4, 0.5) is 10.5 Å². The van der Waals surface area contributed by atoms with Gasteiger partial charge < -0.3 is 20.7 Å². The Labute approximate surface area is 147 Å². The second-order valence-electron chi connectivity index (χ2n) is 5.32. The molecular formula is C19H23N3O3. The first-order valence-electron chi connectivity index (χ1n) is 8.26. The maximum absolute atomic E-state index is 11.9. The molecule has 0 heterocycles. The lowest BCUT2D eigenvalue weighted by Crippen LogP contribution is -2.39. The van der Waals surface area contributed by atoms with Crippen molar-refractivity contribution < 1.29 is 14.3 Å². The van der Waals surface area contributed by atoms with Gasteiger partial charge >= 0.3 is 6.03 Å². The van der Waals surface area contributed by atoms with Crippen LogP contribution in [0.25, 0.3) is 0 Å². The van der Waals surface area contributed by atoms with Crippen LogP contribution in [-0.2, 0) is 11.2 Å². The molecule has 0 radical (unpaired) electrons. The third-order valence-electron chi connectivity index (χ3n) is 3.42. The van der Waals surface area contributed by atoms with Gasteiger partial charge in [-0.1, -0.05) is 42.5 Å². The van der Waals surface area contributed by atoms with Gasteiger partial charge in [-0.15, -0.1) is 0 Å². The minimum absolute atomic E-state index is 0.0859. The van der Waals surface area contributed by atoms with Gasteiger partial charge in [0, 0.05) is 6.54 Å². The maximum atomic E-state index is 11.9. The van der Waals surface area contributed by atoms with Crippen LogP contribution >= 0.6 is 0 Å². The standard InChI is InChI=1S/C19H23N3O3/c1-2-25-17-11-7-6-10-16(17)22-19(24)21-14-18(23)20-13-12-15-8-4-3-5-9-15/h3-11H,2,12-14H2,1H3,(H,20,23)(H2,21,22,24). The molecule has 0 atom stereocenters. The van der Waals surface area contributed by atoms with E-state index >= 15 is 0 Å². The van der Waals surface area contributed by atoms with Crippen LogP contribution in [0.15, 0.2) is 54.6 Å². The number of carbonyl (C=O) groups excluding carboxylic acids is 2. The predicted molar refractivity (Wildman–Crippen MR) is 97.8 cm³/mol. The predicted octanol–water partition coefficient (Wildman–Crippen LogP) is 2.57. The van der Waals surface area contributed by atoms with Gasteiger partial charge in [0.05, 0.1) is 18.8 Å². The van der Waals surface area contributed by atoms with Crippen molar-refractivity contribution in [2.45, 2.75) is 13.3 Å². The number of amides is 3. The van der Waals surface area contributed by atoms with E-state index in [1.807, 2.05) is 43.3 Å². The third kappa shape index (κ3) is 6.55. The molecule has 25 heavy (non-hydrogen) atoms. The molecule has 0 aliphatic carbocycles. The Morgan fingerprint density at radius 3 is 2.44 bits per heavy atom. The molecule has 2 aromatic rings. The van der Waals surface area contributed by atoms with E-state index < -0.39 is 6.03 Å². The number of benzene rings is 2. The van der Waals surface area contributed by atoms with E-state index in [9.17, 15) is 9.59 Å². The average molecular weight is 341 g/mol. The van der Waals surface area contributed by atoms with Gasteiger partial charge in [0.15, 0.2) is 0 Å². The monoisotopic (exact) mass is 341 g/mol. The van der Waals surface area contributed by atoms with Crippen molar-refractivity contribution in [3.05, 3.63) is 60.2 Å². The maximum Gasteiger partial charge on any atom is 0.319 e. The second kappa shape index (κ2) is 9.97. The van der Waals surface area contributed by atoms with Crippen LogP contribution in [0.2, 0.25) is 0 Å². The largest absolute Gasteiger partial charge is 0.492 e. The minimum atomic E-state index is -0.453. The molecule has 0 aliphatic rings. The number of para-hydroxylation sites is 2. The minimum Gasteiger partial charge on any atom is -0.492 e. The van der Waals surface area contributed by atoms with E-state index in [2.05, 4.69) is 16.0 Å². The zero-order valence-corrected chi connectivity index (χ0v) is 14.2. The van der Waals surface area contributed by atoms with Gasteiger partial charge in [-0.05, 0) is 31.0 Å². The van der Waals surface area contributed by atoms with Crippen LogP contribution in [0.5, 0.6) is 5.75 Å². The molecule has 6 nitrogen and oxygen atoms in total. The molecule has 0 aliphatic heterocycles. The van der Waals surface area contributed by atoms with Gasteiger partial charge in [-0.3, -0.25) is 4.79 Å². The molecule has 3 amide bonds. The molecule has 0 aromatic heterocycles. The summed E-state index contributed by atoms with van der Waals surface area (Å²) in [6, 6.07) is 16.6. The van der Waals surface area contributed by atoms with Crippen molar-refractivity contribution in [1.82, 2.24) is 10.6 Å². The summed E-state index contributed by atoms with van der Waals surface area (Å²) in [6.07, 6.45) is 0.751. The quantitative estimate of drug-likeness (QED) is 0.690. The van der Waals surface area contributed by atoms with Crippen LogP contribution < -0.4 is 20.7 Å². The van der Waals surface area contributed by atoms with E-state index in [0.717, 1.165) is 12.0 Å². The fourth-order valence-electron chi connectivity index (χ4n) is 2.23. The number of anilines is 1. The SMILES string of the molecule is CCOc1ccccc1NC(=O)NCC(=O)NCCc1ccccc1. The first-order chi connectivity index (χ1) is 12.2. The Kier molecular flexibility index (Phi) is 7.31. The molecule has 0 spiro atoms. The Hall–Kier alpha value is -3.02. The molecule has 3 N–H and O–H groups in total. The molecule has 0 saturated carbocycles. The van der Waals surface area contributed by atoms with Crippen molar-refractivity contribution in [2.75, 3.05) is 25.0 Å². The smallest absolute Gasteiger partial charge is 0.319 e. The highest BCUT2D eigenvalue weighted by Crippen LogP contribution is 2.23. The number of urea groups is 1. The van der Waals surface area contributed by atoms with Crippen LogP contribution in [0.3, 0.4) is 0 Å². The molecule has 0 fully saturated rings. The molecule has 0 unspecified atom stereocenters. The third-order valence-corrected chi connectivity index (χ3v) is 3.42. The summed E-state index contributed by atoms with van der Waals surface area (Å²) >= 11 is 0. The molecule has 2 aromatic carbocycles. The number of rotatable bonds is 8. The van der Waals surface area contributed by atoms with Crippen molar-refractivity contribution in [3.63, 3.8) is 0 Å². The zero-order valence-electron chi connectivity index (χ0n) is 14.2. The van der Waals surface area contributed by atoms with E-state index in [-0.39, 0.29) is 12.5 Å². The summed E-state index contributed by atoms with van der Waals surface area (Å²) in [5, 5.41) is 7.98. The fourth-order valence-corrected chi connectivity index (χ4v) is 2.23. The van der Waals surface area contributed by atoms with E-state index in [4.69, 9.17) is 4.74 Å². The lowest BCUT2D eigenvalue weighted by molar-refractivity contribution is -0.120. The number of hydrogen-bond acceptors (Lipinski definition) is 3. The Bertz CT molecular complexity index is 689. The van der Waals surface area contributed by atoms with E-state index in [0.29, 0.717) is 24.6 Å². The summed E-state index contributed by atoms with van der Waals surface area (Å²) in [5.41, 5.74) is 1.72. The van der Waals surface area contributed by atoms with Crippen LogP contribution in [-0.4, -0.2) is 31.6 Å². The summed E-state index contributed by atoms with van der Waals surface area (Å²) in [7, 11) is 0. The van der Waals surface area contributed by atoms with E-state index in [1.165, 1.54) is 0 Å². The first kappa shape index (κ1) is 18.3. The molecular weight excluding hydrogens is 318 g/mol. The van der Waals surface area contributed by atoms with Gasteiger partial charge in [0.25, 0.3) is 0 Å². The fraction of sp³-hybridized carbons (Fsp3) is 0.263. The highest BCUT2D eigenvalue weighted by molar-refractivity contribution is 5.93. The Balaban J connectivity index is 1.70. The number of nitrogens with one attached hydrogen (secondary N) is 3. The summed E-state index contributed by atoms with van der Waals surface area (Å²) in [5.74, 6) is 0.358. The lowest BCUT2D eigenvalue weighted by Gasteiger charge is -2.12. The van der Waals surface area contributed by atoms with Crippen LogP contribution in [0.1, 0.15) is 12.5 Å². The topological polar surface area (TPSA) is 79.5 Å². The van der Waals surface area contributed by atoms with Gasteiger partial charge in [0.1, 0.15) is 5.75 Å². The van der Waals surface area contributed by atoms with Crippen molar-refractivity contribution in [1.29, 1.82) is 0 Å². The van der Waals surface area contributed by atoms with E-state index in [1.54, 1.807) is 18.2 Å². The highest BCUT2D eigenvalue weighted by Gasteiger charge is 2.08. The number of hydrogen-bond donors (Lipinski definition) is 3. The van der Waals surface area contributed by atoms with Crippen molar-refractivity contribution >= 4 is 17.6 Å². The van der Waals surface area contributed by atoms with Crippen molar-refractivity contribution in [3.8, 4) is 5.75 Å².